The number of anilines is 1. The van der Waals surface area contributed by atoms with Gasteiger partial charge < -0.3 is 26.9 Å². The van der Waals surface area contributed by atoms with Crippen LogP contribution in [0.1, 0.15) is 22.2 Å². The molecule has 2 aromatic heterocycles. The first kappa shape index (κ1) is 20.0. The molecule has 0 N–H and O–H groups in total. The van der Waals surface area contributed by atoms with Gasteiger partial charge in [-0.15, -0.1) is 0 Å². The van der Waals surface area contributed by atoms with Crippen molar-refractivity contribution in [1.82, 2.24) is 0 Å². The minimum atomic E-state index is -0.734. The van der Waals surface area contributed by atoms with Crippen LogP contribution in [-0.2, 0) is 19.2 Å². The molecule has 0 amide bonds. The molecule has 0 spiro atoms. The maximum Gasteiger partial charge on any atom is 0.237 e. The minimum absolute atomic E-state index is 0.146. The molecule has 0 unspecified atom stereocenters. The Morgan fingerprint density at radius 3 is 2.43 bits per heavy atom. The minimum Gasteiger partial charge on any atom is -0.758 e. The van der Waals surface area contributed by atoms with Crippen molar-refractivity contribution in [1.29, 1.82) is 0 Å². The fourth-order valence-corrected chi connectivity index (χ4v) is 3.11. The third kappa shape index (κ3) is 4.77. The van der Waals surface area contributed by atoms with Crippen molar-refractivity contribution < 1.29 is 13.8 Å². The molecule has 3 aromatic rings. The second-order valence-corrected chi connectivity index (χ2v) is 7.26. The zero-order chi connectivity index (χ0) is 20.1. The van der Waals surface area contributed by atoms with Crippen LogP contribution in [0.25, 0.3) is 0 Å². The number of hydrogen-bond donors (Lipinski definition) is 0. The summed E-state index contributed by atoms with van der Waals surface area (Å²) in [5.41, 5.74) is 1.54. The smallest absolute Gasteiger partial charge is 0.237 e. The topological polar surface area (TPSA) is 49.7 Å². The lowest BCUT2D eigenvalue weighted by Gasteiger charge is -2.19. The van der Waals surface area contributed by atoms with E-state index in [0.29, 0.717) is 21.4 Å². The van der Waals surface area contributed by atoms with Gasteiger partial charge in [0.15, 0.2) is 12.4 Å². The predicted molar refractivity (Wildman–Crippen MR) is 113 cm³/mol. The second kappa shape index (κ2) is 8.99. The molecule has 0 fully saturated rings. The molecule has 0 bridgehead atoms. The zero-order valence-electron chi connectivity index (χ0n) is 15.6. The molecule has 28 heavy (non-hydrogen) atoms. The SMILES string of the molecule is CN(C)c1cc[n+]([C@@H](C(=O)c2ccc(Cl)cc2)C([S-])=NCc2ccco2)cc1. The molecule has 0 aliphatic heterocycles. The molecule has 0 saturated heterocycles. The lowest BCUT2D eigenvalue weighted by atomic mass is 10.0. The summed E-state index contributed by atoms with van der Waals surface area (Å²) in [5, 5.41) is 0.861. The van der Waals surface area contributed by atoms with E-state index < -0.39 is 6.04 Å². The van der Waals surface area contributed by atoms with Crippen LogP contribution in [-0.4, -0.2) is 24.9 Å². The highest BCUT2D eigenvalue weighted by Crippen LogP contribution is 2.17. The van der Waals surface area contributed by atoms with Crippen LogP contribution in [0.3, 0.4) is 0 Å². The number of aliphatic imine (C=N–C) groups is 1. The lowest BCUT2D eigenvalue weighted by Crippen LogP contribution is -2.47. The summed E-state index contributed by atoms with van der Waals surface area (Å²) < 4.78 is 7.08. The summed E-state index contributed by atoms with van der Waals surface area (Å²) in [6, 6.07) is 13.5. The Bertz CT molecular complexity index is 952. The summed E-state index contributed by atoms with van der Waals surface area (Å²) >= 11 is 11.5. The Morgan fingerprint density at radius 1 is 1.18 bits per heavy atom. The van der Waals surface area contributed by atoms with E-state index in [1.807, 2.05) is 49.6 Å². The van der Waals surface area contributed by atoms with Crippen LogP contribution in [0.5, 0.6) is 0 Å². The van der Waals surface area contributed by atoms with Gasteiger partial charge in [0.2, 0.25) is 11.8 Å². The monoisotopic (exact) mass is 413 g/mol. The molecule has 1 aromatic carbocycles. The van der Waals surface area contributed by atoms with Crippen LogP contribution in [0.4, 0.5) is 5.69 Å². The third-order valence-electron chi connectivity index (χ3n) is 4.23. The van der Waals surface area contributed by atoms with Crippen molar-refractivity contribution in [3.8, 4) is 0 Å². The number of furan rings is 1. The maximum atomic E-state index is 13.2. The standard InChI is InChI=1S/C21H20ClN3O2S/c1-24(2)17-9-11-25(12-10-17)19(20(26)15-5-7-16(22)8-6-15)21(28)23-14-18-4-3-13-27-18/h3-13,19H,14H2,1-2H3/t19-/m0/s1. The molecule has 5 nitrogen and oxygen atoms in total. The number of carbonyl (C=O) groups excluding carboxylic acids is 1. The highest BCUT2D eigenvalue weighted by atomic mass is 35.5. The number of rotatable bonds is 7. The number of hydrogen-bond acceptors (Lipinski definition) is 5. The van der Waals surface area contributed by atoms with Crippen molar-refractivity contribution in [2.24, 2.45) is 4.99 Å². The Morgan fingerprint density at radius 2 is 1.86 bits per heavy atom. The zero-order valence-corrected chi connectivity index (χ0v) is 17.2. The molecule has 0 radical (unpaired) electrons. The summed E-state index contributed by atoms with van der Waals surface area (Å²) in [7, 11) is 3.92. The average molecular weight is 414 g/mol. The van der Waals surface area contributed by atoms with Crippen LogP contribution >= 0.6 is 11.6 Å². The van der Waals surface area contributed by atoms with Gasteiger partial charge in [-0.3, -0.25) is 4.79 Å². The highest BCUT2D eigenvalue weighted by molar-refractivity contribution is 7.77. The predicted octanol–water partition coefficient (Wildman–Crippen LogP) is 3.86. The summed E-state index contributed by atoms with van der Waals surface area (Å²) in [5.74, 6) is 0.542. The van der Waals surface area contributed by atoms with Crippen molar-refractivity contribution in [3.05, 3.63) is 83.5 Å². The van der Waals surface area contributed by atoms with Gasteiger partial charge >= 0.3 is 0 Å². The first-order chi connectivity index (χ1) is 13.5. The summed E-state index contributed by atoms with van der Waals surface area (Å²) in [6.07, 6.45) is 5.25. The Balaban J connectivity index is 1.95. The van der Waals surface area contributed by atoms with E-state index in [-0.39, 0.29) is 12.3 Å². The fraction of sp³-hybridized carbons (Fsp3) is 0.190. The van der Waals surface area contributed by atoms with E-state index >= 15 is 0 Å². The van der Waals surface area contributed by atoms with Crippen LogP contribution in [0, 0.1) is 0 Å². The molecule has 0 aliphatic rings. The number of aromatic nitrogens is 1. The fourth-order valence-electron chi connectivity index (χ4n) is 2.69. The van der Waals surface area contributed by atoms with Gasteiger partial charge in [0.25, 0.3) is 0 Å². The normalized spacial score (nSPS) is 12.6. The highest BCUT2D eigenvalue weighted by Gasteiger charge is 2.28. The Hall–Kier alpha value is -2.70. The quantitative estimate of drug-likeness (QED) is 0.194. The third-order valence-corrected chi connectivity index (χ3v) is 4.84. The number of halogens is 1. The van der Waals surface area contributed by atoms with Crippen LogP contribution < -0.4 is 9.47 Å². The molecule has 7 heteroatoms. The number of pyridine rings is 1. The van der Waals surface area contributed by atoms with E-state index in [4.69, 9.17) is 28.6 Å². The van der Waals surface area contributed by atoms with Crippen molar-refractivity contribution in [2.75, 3.05) is 19.0 Å². The Kier molecular flexibility index (Phi) is 6.44. The second-order valence-electron chi connectivity index (χ2n) is 6.41. The van der Waals surface area contributed by atoms with Crippen LogP contribution in [0.15, 0.2) is 76.6 Å². The van der Waals surface area contributed by atoms with E-state index in [2.05, 4.69) is 4.99 Å². The number of ketones is 1. The van der Waals surface area contributed by atoms with Crippen molar-refractivity contribution in [2.45, 2.75) is 12.6 Å². The van der Waals surface area contributed by atoms with Gasteiger partial charge in [-0.1, -0.05) is 11.6 Å². The van der Waals surface area contributed by atoms with E-state index in [1.54, 1.807) is 41.2 Å². The van der Waals surface area contributed by atoms with Crippen molar-refractivity contribution in [3.63, 3.8) is 0 Å². The van der Waals surface area contributed by atoms with E-state index in [1.165, 1.54) is 0 Å². The first-order valence-corrected chi connectivity index (χ1v) is 9.46. The number of Topliss-reactive ketones (excluding diaryl/α,β-unsaturated/α-hetero) is 1. The molecule has 0 aliphatic carbocycles. The van der Waals surface area contributed by atoms with Gasteiger partial charge in [0.05, 0.1) is 12.8 Å². The number of carbonyl (C=O) groups is 1. The molecular weight excluding hydrogens is 394 g/mol. The molecule has 2 heterocycles. The Labute approximate surface area is 174 Å². The number of nitrogens with zero attached hydrogens (tertiary/aromatic N) is 3. The van der Waals surface area contributed by atoms with E-state index in [9.17, 15) is 4.79 Å². The number of benzene rings is 1. The maximum absolute atomic E-state index is 13.2. The van der Waals surface area contributed by atoms with Gasteiger partial charge in [0, 0.05) is 42.5 Å². The molecule has 144 valence electrons. The molecular formula is C21H20ClN3O2S. The molecule has 3 rings (SSSR count). The first-order valence-electron chi connectivity index (χ1n) is 8.67. The van der Waals surface area contributed by atoms with Crippen LogP contribution in [0.2, 0.25) is 5.02 Å². The van der Waals surface area contributed by atoms with Crippen molar-refractivity contribution >= 4 is 40.7 Å². The van der Waals surface area contributed by atoms with Gasteiger partial charge in [0.1, 0.15) is 5.76 Å². The lowest BCUT2D eigenvalue weighted by molar-refractivity contribution is -0.691. The van der Waals surface area contributed by atoms with E-state index in [0.717, 1.165) is 5.69 Å². The van der Waals surface area contributed by atoms with Gasteiger partial charge in [-0.25, -0.2) is 0 Å². The average Bonchev–Trinajstić information content (AvgIpc) is 3.21. The van der Waals surface area contributed by atoms with Gasteiger partial charge in [-0.05, 0) is 41.4 Å². The largest absolute Gasteiger partial charge is 0.758 e. The molecule has 1 atom stereocenters. The van der Waals surface area contributed by atoms with Gasteiger partial charge in [-0.2, -0.15) is 4.57 Å². The molecule has 0 saturated carbocycles. The summed E-state index contributed by atoms with van der Waals surface area (Å²) in [6.45, 7) is 0.284. The summed E-state index contributed by atoms with van der Waals surface area (Å²) in [4.78, 5) is 19.6.